The summed E-state index contributed by atoms with van der Waals surface area (Å²) in [5.41, 5.74) is -9.23. The zero-order valence-electron chi connectivity index (χ0n) is 89.7. The summed E-state index contributed by atoms with van der Waals surface area (Å²) in [6.07, 6.45) is 34.3. The molecule has 140 heavy (non-hydrogen) atoms. The smallest absolute Gasteiger partial charge is 0.344 e. The summed E-state index contributed by atoms with van der Waals surface area (Å²) < 4.78 is 61.0. The molecule has 0 spiro atoms. The van der Waals surface area contributed by atoms with E-state index in [1.165, 1.54) is 89.9 Å². The van der Waals surface area contributed by atoms with Crippen LogP contribution < -0.4 is 0 Å². The third kappa shape index (κ3) is 22.9. The Kier molecular flexibility index (Phi) is 31.9. The van der Waals surface area contributed by atoms with Crippen molar-refractivity contribution in [3.05, 3.63) is 0 Å². The second kappa shape index (κ2) is 40.3. The molecule has 2 aliphatic heterocycles. The predicted molar refractivity (Wildman–Crippen MR) is 519 cm³/mol. The molecule has 27 nitrogen and oxygen atoms in total. The summed E-state index contributed by atoms with van der Waals surface area (Å²) in [6, 6.07) is 2.10. The summed E-state index contributed by atoms with van der Waals surface area (Å²) in [7, 11) is 0. The zero-order valence-corrected chi connectivity index (χ0v) is 89.7. The van der Waals surface area contributed by atoms with Gasteiger partial charge in [0.05, 0.1) is 72.3 Å². The molecule has 0 aromatic heterocycles. The van der Waals surface area contributed by atoms with Crippen molar-refractivity contribution < 1.29 is 125 Å². The maximum atomic E-state index is 12.6. The van der Waals surface area contributed by atoms with Crippen LogP contribution in [-0.4, -0.2) is 175 Å². The molecule has 0 aromatic rings. The van der Waals surface area contributed by atoms with Gasteiger partial charge in [0.1, 0.15) is 52.9 Å². The van der Waals surface area contributed by atoms with Crippen LogP contribution in [0.1, 0.15) is 417 Å². The van der Waals surface area contributed by atoms with Crippen LogP contribution >= 0.6 is 0 Å². The fourth-order valence-electron chi connectivity index (χ4n) is 29.2. The first-order valence-corrected chi connectivity index (χ1v) is 54.5. The first kappa shape index (κ1) is 111. The number of hydrogen-bond acceptors (Lipinski definition) is 27. The Labute approximate surface area is 834 Å². The first-order valence-electron chi connectivity index (χ1n) is 54.5. The summed E-state index contributed by atoms with van der Waals surface area (Å²) in [4.78, 5) is 133. The van der Waals surface area contributed by atoms with E-state index in [0.717, 1.165) is 126 Å². The van der Waals surface area contributed by atoms with Gasteiger partial charge in [0.2, 0.25) is 0 Å². The molecule has 20 bridgehead atoms. The molecule has 2 saturated heterocycles. The van der Waals surface area contributed by atoms with E-state index < -0.39 is 109 Å². The number of nitriles is 1. The maximum absolute atomic E-state index is 12.6. The molecule has 0 aromatic carbocycles. The minimum Gasteiger partial charge on any atom is -0.462 e. The highest BCUT2D eigenvalue weighted by molar-refractivity contribution is 5.86. The number of esters is 11. The summed E-state index contributed by atoms with van der Waals surface area (Å²) in [5.74, 6) is 3.29. The van der Waals surface area contributed by atoms with E-state index in [1.807, 2.05) is 104 Å². The SMILES string of the molecule is CCC(C)(C)C(=O)OC(C)(C)C12CC3CC(CC(C3)C1)C2.CCC(C)(C)C(=O)OC1(C)C2CC3CC(C2)CC1C3.CCC(C)(C)C(=O)OC12CC3CC(O)(CC(O)(C3)C1)C2.CCC(C)(C)C(=O)OC12CC3CC(O)(CC(O)(C3)C1)C2.CCC(C)(C)C(=O)OC1CCCCC1.CCC(C)(C)C(=O)OCC(=O)OC1C2CC3C(=O)OC1C3C2.CCC(C)(C)C(=O)OCC(=O)OC1C2CC3C1OC(=O)C3(C#N)C2. The third-order valence-corrected chi connectivity index (χ3v) is 39.5. The van der Waals surface area contributed by atoms with Crippen molar-refractivity contribution in [3.8, 4) is 6.07 Å². The normalized spacial score (nSPS) is 38.8. The summed E-state index contributed by atoms with van der Waals surface area (Å²) in [5, 5.41) is 52.0. The number of carbonyl (C=O) groups is 11. The highest BCUT2D eigenvalue weighted by Gasteiger charge is 2.74. The zero-order chi connectivity index (χ0) is 103. The Morgan fingerprint density at radius 1 is 0.386 bits per heavy atom. The molecular formula is C113H177NO26. The van der Waals surface area contributed by atoms with Crippen molar-refractivity contribution in [1.82, 2.24) is 0 Å². The Hall–Kier alpha value is -6.50. The Balaban J connectivity index is 0.000000138. The number of rotatable bonds is 26. The topological polar surface area (TPSA) is 394 Å². The number of nitrogens with zero attached hydrogens (tertiary/aromatic N) is 1. The van der Waals surface area contributed by atoms with Gasteiger partial charge in [0, 0.05) is 67.6 Å². The number of fused-ring (bicyclic) bond motifs is 2. The Morgan fingerprint density at radius 2 is 0.757 bits per heavy atom. The van der Waals surface area contributed by atoms with Crippen molar-refractivity contribution in [2.24, 2.45) is 132 Å². The molecule has 27 heteroatoms. The minimum absolute atomic E-state index is 0.00636. The molecule has 0 amide bonds. The summed E-state index contributed by atoms with van der Waals surface area (Å²) >= 11 is 0. The number of carbonyl (C=O) groups excluding carboxylic acids is 11. The van der Waals surface area contributed by atoms with Crippen LogP contribution in [0.3, 0.4) is 0 Å². The van der Waals surface area contributed by atoms with Crippen LogP contribution in [0.4, 0.5) is 0 Å². The molecule has 14 atom stereocenters. The van der Waals surface area contributed by atoms with E-state index in [1.54, 1.807) is 27.7 Å². The Morgan fingerprint density at radius 3 is 1.15 bits per heavy atom. The molecular weight excluding hydrogens is 1790 g/mol. The van der Waals surface area contributed by atoms with Gasteiger partial charge in [-0.05, 0) is 376 Å². The van der Waals surface area contributed by atoms with Crippen LogP contribution in [0.2, 0.25) is 0 Å². The molecule has 790 valence electrons. The fraction of sp³-hybridized carbons (Fsp3) is 0.894. The molecule has 0 radical (unpaired) electrons. The highest BCUT2D eigenvalue weighted by atomic mass is 16.6. The van der Waals surface area contributed by atoms with Crippen molar-refractivity contribution in [2.75, 3.05) is 13.2 Å². The van der Waals surface area contributed by atoms with Gasteiger partial charge >= 0.3 is 65.7 Å². The lowest BCUT2D eigenvalue weighted by Crippen LogP contribution is -2.67. The maximum Gasteiger partial charge on any atom is 0.344 e. The molecule has 2 heterocycles. The average Bonchev–Trinajstić information content (AvgIpc) is 1.50. The predicted octanol–water partition coefficient (Wildman–Crippen LogP) is 19.6. The molecule has 23 rings (SSSR count). The van der Waals surface area contributed by atoms with Crippen LogP contribution in [0, 0.1) is 143 Å². The van der Waals surface area contributed by atoms with Crippen LogP contribution in [-0.2, 0) is 105 Å². The van der Waals surface area contributed by atoms with Crippen molar-refractivity contribution in [2.45, 2.75) is 492 Å². The van der Waals surface area contributed by atoms with Crippen LogP contribution in [0.5, 0.6) is 0 Å². The lowest BCUT2D eigenvalue weighted by molar-refractivity contribution is -0.265. The molecule has 23 aliphatic rings. The van der Waals surface area contributed by atoms with Crippen LogP contribution in [0.15, 0.2) is 0 Å². The Bertz CT molecular complexity index is 4430. The van der Waals surface area contributed by atoms with Crippen LogP contribution in [0.25, 0.3) is 0 Å². The van der Waals surface area contributed by atoms with Gasteiger partial charge in [-0.2, -0.15) is 5.26 Å². The van der Waals surface area contributed by atoms with Gasteiger partial charge < -0.3 is 72.5 Å². The molecule has 23 fully saturated rings. The standard InChI is InChI=1S/C19H32O2.C17H21NO6.C17H28O2.C16H22O6.2C16H26O4.C12H22O2/c1-6-17(2,3)16(20)21-18(4,5)19-10-13-7-14(11-19)9-15(8-13)12-19;1-4-16(2,3)14(20)22-7-11(19)23-12-9-5-10-13(12)24-15(21)17(10,6-9)8-18;1-5-16(2,3)15(18)19-17(4)13-7-11-6-12(9-13)10-14(17)8-11;1-4-16(2,3)15(19)20-7-11(17)21-12-8-5-9-10(6-8)14(18)22-13(9)12;2*1-4-13(2,3)12(17)20-16-7-11-5-14(18,9-16)8-15(19,6-11)10-16;1-4-12(2,3)11(13)14-10-8-6-5-7-9-10/h13-15H,6-12H2,1-5H3;9-10,12-13H,4-7H2,1-3H3;11-14H,5-10H2,1-4H3;8-10,12-13H,4-7H2,1-3H3;2*11,18-19H,4-10H2,1-3H3;10H,4-9H2,1-3H3. The van der Waals surface area contributed by atoms with Gasteiger partial charge in [-0.3, -0.25) is 43.2 Å². The number of ether oxygens (including phenoxy) is 11. The largest absolute Gasteiger partial charge is 0.462 e. The van der Waals surface area contributed by atoms with E-state index >= 15 is 0 Å². The van der Waals surface area contributed by atoms with Gasteiger partial charge in [-0.15, -0.1) is 0 Å². The van der Waals surface area contributed by atoms with E-state index in [2.05, 4.69) is 40.7 Å². The first-order chi connectivity index (χ1) is 64.8. The second-order valence-electron chi connectivity index (χ2n) is 53.6. The van der Waals surface area contributed by atoms with Crippen molar-refractivity contribution >= 4 is 65.7 Å². The fourth-order valence-corrected chi connectivity index (χ4v) is 29.2. The lowest BCUT2D eigenvalue weighted by atomic mass is 9.46. The van der Waals surface area contributed by atoms with E-state index in [9.17, 15) is 78.4 Å². The number of hydrogen-bond donors (Lipinski definition) is 4. The highest BCUT2D eigenvalue weighted by Crippen LogP contribution is 2.68. The van der Waals surface area contributed by atoms with E-state index in [0.29, 0.717) is 76.0 Å². The van der Waals surface area contributed by atoms with Crippen molar-refractivity contribution in [1.29, 1.82) is 5.26 Å². The monoisotopic (exact) mass is 1960 g/mol. The third-order valence-electron chi connectivity index (χ3n) is 39.5. The molecule has 14 unspecified atom stereocenters. The molecule has 21 saturated carbocycles. The number of aliphatic hydroxyl groups is 4. The van der Waals surface area contributed by atoms with E-state index in [4.69, 9.17) is 52.1 Å². The van der Waals surface area contributed by atoms with Gasteiger partial charge in [-0.1, -0.05) is 54.9 Å². The quantitative estimate of drug-likeness (QED) is 0.0461. The molecule has 21 aliphatic carbocycles. The molecule has 4 N–H and O–H groups in total. The minimum atomic E-state index is -1.06. The van der Waals surface area contributed by atoms with Gasteiger partial charge in [0.25, 0.3) is 0 Å². The summed E-state index contributed by atoms with van der Waals surface area (Å²) in [6.45, 7) is 46.1. The second-order valence-corrected chi connectivity index (χ2v) is 53.6. The average molecular weight is 1970 g/mol. The van der Waals surface area contributed by atoms with Gasteiger partial charge in [-0.25, -0.2) is 9.59 Å². The van der Waals surface area contributed by atoms with Crippen molar-refractivity contribution in [3.63, 3.8) is 0 Å². The van der Waals surface area contributed by atoms with Gasteiger partial charge in [0.15, 0.2) is 18.6 Å². The lowest BCUT2D eigenvalue weighted by Gasteiger charge is -2.62. The van der Waals surface area contributed by atoms with E-state index in [-0.39, 0.29) is 135 Å².